The molecule has 2 aromatic carbocycles. The maximum absolute atomic E-state index is 14.2. The zero-order valence-corrected chi connectivity index (χ0v) is 17.2. The van der Waals surface area contributed by atoms with Crippen molar-refractivity contribution < 1.29 is 22.4 Å². The second-order valence-corrected chi connectivity index (χ2v) is 7.61. The molecule has 0 saturated heterocycles. The maximum atomic E-state index is 14.2. The van der Waals surface area contributed by atoms with Gasteiger partial charge in [0.25, 0.3) is 0 Å². The molecule has 32 heavy (non-hydrogen) atoms. The topological polar surface area (TPSA) is 85.6 Å². The van der Waals surface area contributed by atoms with Gasteiger partial charge in [-0.25, -0.2) is 9.37 Å². The largest absolute Gasteiger partial charge is 0.416 e. The van der Waals surface area contributed by atoms with Crippen LogP contribution in [0.1, 0.15) is 17.1 Å². The van der Waals surface area contributed by atoms with Crippen LogP contribution >= 0.6 is 11.3 Å². The van der Waals surface area contributed by atoms with E-state index in [-0.39, 0.29) is 18.0 Å². The number of nitrogens with one attached hydrogen (secondary N) is 1. The average Bonchev–Trinajstić information content (AvgIpc) is 3.38. The Morgan fingerprint density at radius 2 is 1.91 bits per heavy atom. The third-order valence-corrected chi connectivity index (χ3v) is 5.38. The molecule has 1 N–H and O–H groups in total. The van der Waals surface area contributed by atoms with E-state index in [4.69, 9.17) is 0 Å². The highest BCUT2D eigenvalue weighted by Gasteiger charge is 2.30. The molecule has 0 bridgehead atoms. The van der Waals surface area contributed by atoms with Gasteiger partial charge in [0.2, 0.25) is 5.91 Å². The molecule has 0 atom stereocenters. The number of carbonyl (C=O) groups excluding carboxylic acids is 1. The number of hydrogen-bond acceptors (Lipinski definition) is 6. The van der Waals surface area contributed by atoms with Crippen LogP contribution in [0.15, 0.2) is 47.8 Å². The molecule has 0 saturated carbocycles. The number of aromatic nitrogens is 5. The van der Waals surface area contributed by atoms with Crippen molar-refractivity contribution in [1.82, 2.24) is 25.2 Å². The molecule has 0 fully saturated rings. The van der Waals surface area contributed by atoms with Crippen molar-refractivity contribution in [3.8, 4) is 16.3 Å². The van der Waals surface area contributed by atoms with Gasteiger partial charge in [-0.2, -0.15) is 17.9 Å². The smallest absolute Gasteiger partial charge is 0.326 e. The van der Waals surface area contributed by atoms with E-state index in [2.05, 4.69) is 25.8 Å². The van der Waals surface area contributed by atoms with E-state index in [1.54, 1.807) is 12.3 Å². The molecule has 1 amide bonds. The second kappa shape index (κ2) is 8.46. The van der Waals surface area contributed by atoms with E-state index < -0.39 is 17.6 Å². The third-order valence-electron chi connectivity index (χ3n) is 4.44. The van der Waals surface area contributed by atoms with Crippen molar-refractivity contribution in [1.29, 1.82) is 0 Å². The number of carbonyl (C=O) groups is 1. The first-order valence-corrected chi connectivity index (χ1v) is 10.1. The Morgan fingerprint density at radius 3 is 2.56 bits per heavy atom. The van der Waals surface area contributed by atoms with Crippen molar-refractivity contribution in [3.63, 3.8) is 0 Å². The molecular weight excluding hydrogens is 448 g/mol. The molecule has 0 radical (unpaired) electrons. The Bertz CT molecular complexity index is 1270. The van der Waals surface area contributed by atoms with E-state index in [1.165, 1.54) is 46.4 Å². The van der Waals surface area contributed by atoms with Crippen molar-refractivity contribution in [2.75, 3.05) is 5.32 Å². The Labute approximate surface area is 182 Å². The lowest BCUT2D eigenvalue weighted by Crippen LogP contribution is -2.15. The summed E-state index contributed by atoms with van der Waals surface area (Å²) in [6.45, 7) is 1.61. The fourth-order valence-corrected chi connectivity index (χ4v) is 3.73. The number of thiazole rings is 1. The number of anilines is 1. The number of rotatable bonds is 5. The van der Waals surface area contributed by atoms with Gasteiger partial charge in [-0.05, 0) is 47.7 Å². The normalized spacial score (nSPS) is 11.5. The minimum absolute atomic E-state index is 0.0618. The molecule has 0 unspecified atom stereocenters. The summed E-state index contributed by atoms with van der Waals surface area (Å²) < 4.78 is 53.5. The molecule has 4 aromatic rings. The van der Waals surface area contributed by atoms with Crippen LogP contribution < -0.4 is 5.32 Å². The van der Waals surface area contributed by atoms with E-state index in [0.29, 0.717) is 27.8 Å². The lowest BCUT2D eigenvalue weighted by atomic mass is 10.1. The molecule has 7 nitrogen and oxygen atoms in total. The number of amides is 1. The molecule has 164 valence electrons. The lowest BCUT2D eigenvalue weighted by Gasteiger charge is -2.08. The number of tetrazole rings is 1. The number of alkyl halides is 3. The SMILES string of the molecule is Cc1nnnn1-c1cc(NC(=O)Cc2csc(-c3ccc(C(F)(F)F)cc3)n2)ccc1F. The van der Waals surface area contributed by atoms with Gasteiger partial charge in [-0.15, -0.1) is 16.4 Å². The van der Waals surface area contributed by atoms with Gasteiger partial charge in [0.15, 0.2) is 5.82 Å². The van der Waals surface area contributed by atoms with Gasteiger partial charge >= 0.3 is 6.18 Å². The molecule has 0 aliphatic rings. The first-order chi connectivity index (χ1) is 15.2. The van der Waals surface area contributed by atoms with Crippen LogP contribution in [0.3, 0.4) is 0 Å². The quantitative estimate of drug-likeness (QED) is 0.444. The van der Waals surface area contributed by atoms with Crippen LogP contribution in [0.25, 0.3) is 16.3 Å². The summed E-state index contributed by atoms with van der Waals surface area (Å²) in [4.78, 5) is 16.7. The highest BCUT2D eigenvalue weighted by atomic mass is 32.1. The Hall–Kier alpha value is -3.67. The monoisotopic (exact) mass is 462 g/mol. The van der Waals surface area contributed by atoms with Crippen LogP contribution in [0.2, 0.25) is 0 Å². The highest BCUT2D eigenvalue weighted by Crippen LogP contribution is 2.32. The summed E-state index contributed by atoms with van der Waals surface area (Å²) in [5.74, 6) is -0.565. The van der Waals surface area contributed by atoms with Gasteiger partial charge in [0.1, 0.15) is 16.5 Å². The molecule has 4 rings (SSSR count). The first kappa shape index (κ1) is 21.6. The fraction of sp³-hybridized carbons (Fsp3) is 0.150. The maximum Gasteiger partial charge on any atom is 0.416 e. The second-order valence-electron chi connectivity index (χ2n) is 6.75. The van der Waals surface area contributed by atoms with Crippen molar-refractivity contribution in [3.05, 3.63) is 70.7 Å². The number of hydrogen-bond donors (Lipinski definition) is 1. The predicted molar refractivity (Wildman–Crippen MR) is 109 cm³/mol. The summed E-state index contributed by atoms with van der Waals surface area (Å²) in [6, 6.07) is 8.66. The highest BCUT2D eigenvalue weighted by molar-refractivity contribution is 7.13. The zero-order valence-electron chi connectivity index (χ0n) is 16.4. The van der Waals surface area contributed by atoms with Crippen LogP contribution in [0.5, 0.6) is 0 Å². The molecule has 0 aliphatic carbocycles. The van der Waals surface area contributed by atoms with Crippen molar-refractivity contribution in [2.24, 2.45) is 0 Å². The van der Waals surface area contributed by atoms with E-state index in [9.17, 15) is 22.4 Å². The minimum atomic E-state index is -4.41. The van der Waals surface area contributed by atoms with E-state index in [1.807, 2.05) is 0 Å². The van der Waals surface area contributed by atoms with E-state index in [0.717, 1.165) is 12.1 Å². The minimum Gasteiger partial charge on any atom is -0.326 e. The number of nitrogens with zero attached hydrogens (tertiary/aromatic N) is 5. The van der Waals surface area contributed by atoms with Crippen LogP contribution in [0.4, 0.5) is 23.2 Å². The zero-order chi connectivity index (χ0) is 22.9. The third kappa shape index (κ3) is 4.64. The molecule has 2 heterocycles. The molecule has 0 aliphatic heterocycles. The number of benzene rings is 2. The predicted octanol–water partition coefficient (Wildman–Crippen LogP) is 4.43. The van der Waals surface area contributed by atoms with Gasteiger partial charge in [0, 0.05) is 16.6 Å². The van der Waals surface area contributed by atoms with Crippen LogP contribution in [-0.2, 0) is 17.4 Å². The number of aryl methyl sites for hydroxylation is 1. The van der Waals surface area contributed by atoms with Crippen LogP contribution in [-0.4, -0.2) is 31.1 Å². The standard InChI is InChI=1S/C20H14F4N6OS/c1-11-27-28-29-30(11)17-8-14(6-7-16(17)21)25-18(31)9-15-10-32-19(26-15)12-2-4-13(5-3-12)20(22,23)24/h2-8,10H,9H2,1H3,(H,25,31). The van der Waals surface area contributed by atoms with Gasteiger partial charge in [-0.3, -0.25) is 4.79 Å². The Kier molecular flexibility index (Phi) is 5.70. The Morgan fingerprint density at radius 1 is 1.16 bits per heavy atom. The molecular formula is C20H14F4N6OS. The first-order valence-electron chi connectivity index (χ1n) is 9.17. The van der Waals surface area contributed by atoms with E-state index >= 15 is 0 Å². The molecule has 2 aromatic heterocycles. The average molecular weight is 462 g/mol. The summed E-state index contributed by atoms with van der Waals surface area (Å²) in [5.41, 5.74) is 0.673. The fourth-order valence-electron chi connectivity index (χ4n) is 2.90. The number of halogens is 4. The summed E-state index contributed by atoms with van der Waals surface area (Å²) in [6.07, 6.45) is -4.47. The van der Waals surface area contributed by atoms with Crippen LogP contribution in [0, 0.1) is 12.7 Å². The Balaban J connectivity index is 1.45. The van der Waals surface area contributed by atoms with Crippen molar-refractivity contribution >= 4 is 22.9 Å². The molecule has 12 heteroatoms. The lowest BCUT2D eigenvalue weighted by molar-refractivity contribution is -0.137. The van der Waals surface area contributed by atoms with Crippen molar-refractivity contribution in [2.45, 2.75) is 19.5 Å². The molecule has 0 spiro atoms. The summed E-state index contributed by atoms with van der Waals surface area (Å²) >= 11 is 1.22. The summed E-state index contributed by atoms with van der Waals surface area (Å²) in [7, 11) is 0. The van der Waals surface area contributed by atoms with Gasteiger partial charge in [0.05, 0.1) is 17.7 Å². The van der Waals surface area contributed by atoms with Gasteiger partial charge in [-0.1, -0.05) is 12.1 Å². The summed E-state index contributed by atoms with van der Waals surface area (Å²) in [5, 5.41) is 15.7. The van der Waals surface area contributed by atoms with Gasteiger partial charge < -0.3 is 5.32 Å².